The Kier molecular flexibility index (Phi) is 4.95. The molecule has 1 aliphatic heterocycles. The number of carbonyl (C=O) groups is 1. The highest BCUT2D eigenvalue weighted by molar-refractivity contribution is 6.74. The minimum absolute atomic E-state index is 0.0384. The maximum atomic E-state index is 12.4. The molecule has 3 aliphatic rings. The van der Waals surface area contributed by atoms with Crippen molar-refractivity contribution >= 4 is 14.3 Å². The number of carbonyl (C=O) groups excluding carboxylic acids is 1. The number of allylic oxidation sites excluding steroid dienone is 3. The van der Waals surface area contributed by atoms with Crippen molar-refractivity contribution in [1.29, 1.82) is 0 Å². The summed E-state index contributed by atoms with van der Waals surface area (Å²) in [5.74, 6) is 12.7. The molecule has 3 nitrogen and oxygen atoms in total. The second-order valence-corrected chi connectivity index (χ2v) is 13.7. The summed E-state index contributed by atoms with van der Waals surface area (Å²) in [6.07, 6.45) is 4.69. The minimum Gasteiger partial charge on any atom is -0.461 e. The van der Waals surface area contributed by atoms with Gasteiger partial charge in [0.25, 0.3) is 0 Å². The Balaban J connectivity index is 2.01. The van der Waals surface area contributed by atoms with Crippen molar-refractivity contribution in [3.8, 4) is 23.7 Å². The van der Waals surface area contributed by atoms with Gasteiger partial charge in [0.15, 0.2) is 8.32 Å². The molecule has 5 atom stereocenters. The summed E-state index contributed by atoms with van der Waals surface area (Å²) < 4.78 is 12.3. The van der Waals surface area contributed by atoms with E-state index in [1.165, 1.54) is 0 Å². The fourth-order valence-electron chi connectivity index (χ4n) is 3.56. The molecule has 4 bridgehead atoms. The van der Waals surface area contributed by atoms with Gasteiger partial charge in [-0.2, -0.15) is 0 Å². The van der Waals surface area contributed by atoms with Crippen LogP contribution < -0.4 is 0 Å². The third-order valence-corrected chi connectivity index (χ3v) is 10.7. The van der Waals surface area contributed by atoms with Crippen LogP contribution in [0, 0.1) is 41.4 Å². The normalized spacial score (nSPS) is 33.0. The molecule has 0 unspecified atom stereocenters. The highest BCUT2D eigenvalue weighted by Crippen LogP contribution is 2.46. The topological polar surface area (TPSA) is 35.5 Å². The van der Waals surface area contributed by atoms with E-state index < -0.39 is 8.32 Å². The van der Waals surface area contributed by atoms with Crippen LogP contribution in [0.5, 0.6) is 0 Å². The van der Waals surface area contributed by atoms with E-state index in [9.17, 15) is 4.79 Å². The molecule has 3 rings (SSSR count). The molecule has 1 saturated carbocycles. The van der Waals surface area contributed by atoms with Gasteiger partial charge in [-0.25, -0.2) is 0 Å². The van der Waals surface area contributed by atoms with Gasteiger partial charge in [-0.05, 0) is 31.0 Å². The van der Waals surface area contributed by atoms with Crippen LogP contribution in [-0.4, -0.2) is 26.5 Å². The van der Waals surface area contributed by atoms with Gasteiger partial charge >= 0.3 is 5.97 Å². The van der Waals surface area contributed by atoms with Gasteiger partial charge in [0.05, 0.1) is 11.8 Å². The molecule has 1 heterocycles. The molecule has 26 heavy (non-hydrogen) atoms. The molecule has 1 saturated heterocycles. The van der Waals surface area contributed by atoms with Crippen LogP contribution in [-0.2, 0) is 14.0 Å². The zero-order valence-corrected chi connectivity index (χ0v) is 17.4. The van der Waals surface area contributed by atoms with Crippen molar-refractivity contribution in [3.63, 3.8) is 0 Å². The third-order valence-electron chi connectivity index (χ3n) is 6.24. The summed E-state index contributed by atoms with van der Waals surface area (Å²) in [5, 5.41) is 0.0821. The molecule has 0 spiro atoms. The predicted octanol–water partition coefficient (Wildman–Crippen LogP) is 4.08. The van der Waals surface area contributed by atoms with Gasteiger partial charge in [-0.1, -0.05) is 57.1 Å². The smallest absolute Gasteiger partial charge is 0.309 e. The first-order valence-corrected chi connectivity index (χ1v) is 12.3. The Morgan fingerprint density at radius 2 is 2.04 bits per heavy atom. The maximum absolute atomic E-state index is 12.4. The molecule has 2 aliphatic carbocycles. The van der Waals surface area contributed by atoms with Crippen molar-refractivity contribution in [3.05, 3.63) is 24.3 Å². The summed E-state index contributed by atoms with van der Waals surface area (Å²) in [6.45, 7) is 14.9. The van der Waals surface area contributed by atoms with E-state index in [1.54, 1.807) is 12.2 Å². The Bertz CT molecular complexity index is 763. The lowest BCUT2D eigenvalue weighted by atomic mass is 9.72. The predicted molar refractivity (Wildman–Crippen MR) is 105 cm³/mol. The first kappa shape index (κ1) is 19.0. The number of ether oxygens (including phenoxy) is 1. The lowest BCUT2D eigenvalue weighted by molar-refractivity contribution is -0.144. The number of fused-ring (bicyclic) bond motifs is 6. The number of hydrogen-bond acceptors (Lipinski definition) is 3. The Labute approximate surface area is 158 Å². The minimum atomic E-state index is -2.02. The Hall–Kier alpha value is -1.75. The standard InChI is InChI=1S/C22H28O3Si/c1-7-15-9-8-10-19(25-26(5,6)22(2,3)4)17-13-16(12-11-15)20-14-18(17)21(23)24-20/h7,9,16-20H,1,13-14H2,2-6H3/t16-,17+,18-,19+,20+/m0/s1. The number of rotatable bonds is 3. The van der Waals surface area contributed by atoms with Gasteiger partial charge in [-0.3, -0.25) is 4.79 Å². The van der Waals surface area contributed by atoms with Crippen molar-refractivity contribution in [2.24, 2.45) is 17.8 Å². The van der Waals surface area contributed by atoms with E-state index in [-0.39, 0.29) is 41.0 Å². The van der Waals surface area contributed by atoms with Crippen LogP contribution in [0.1, 0.15) is 33.6 Å². The van der Waals surface area contributed by atoms with Crippen LogP contribution in [0.15, 0.2) is 24.3 Å². The van der Waals surface area contributed by atoms with E-state index >= 15 is 0 Å². The van der Waals surface area contributed by atoms with E-state index in [2.05, 4.69) is 64.1 Å². The van der Waals surface area contributed by atoms with Gasteiger partial charge in [0.1, 0.15) is 12.2 Å². The third kappa shape index (κ3) is 3.54. The average Bonchev–Trinajstić information content (AvgIpc) is 2.87. The molecule has 0 radical (unpaired) electrons. The molecule has 0 aromatic rings. The zero-order chi connectivity index (χ0) is 19.1. The molecular formula is C22H28O3Si. The van der Waals surface area contributed by atoms with E-state index in [0.717, 1.165) is 18.4 Å². The first-order valence-electron chi connectivity index (χ1n) is 9.36. The summed E-state index contributed by atoms with van der Waals surface area (Å²) in [4.78, 5) is 12.4. The maximum Gasteiger partial charge on any atom is 0.309 e. The second kappa shape index (κ2) is 6.76. The quantitative estimate of drug-likeness (QED) is 0.428. The second-order valence-electron chi connectivity index (χ2n) is 8.98. The lowest BCUT2D eigenvalue weighted by Gasteiger charge is -2.41. The van der Waals surface area contributed by atoms with Crippen molar-refractivity contribution in [2.75, 3.05) is 0 Å². The lowest BCUT2D eigenvalue weighted by Crippen LogP contribution is -2.48. The van der Waals surface area contributed by atoms with Crippen molar-refractivity contribution < 1.29 is 14.0 Å². The molecule has 0 aromatic heterocycles. The fraction of sp³-hybridized carbons (Fsp3) is 0.591. The summed E-state index contributed by atoms with van der Waals surface area (Å²) in [5.41, 5.74) is 0.800. The average molecular weight is 369 g/mol. The van der Waals surface area contributed by atoms with Crippen molar-refractivity contribution in [1.82, 2.24) is 0 Å². The van der Waals surface area contributed by atoms with Crippen LogP contribution >= 0.6 is 0 Å². The zero-order valence-electron chi connectivity index (χ0n) is 16.4. The highest BCUT2D eigenvalue weighted by Gasteiger charge is 2.52. The summed E-state index contributed by atoms with van der Waals surface area (Å²) in [6, 6.07) is 0. The Morgan fingerprint density at radius 1 is 1.31 bits per heavy atom. The number of esters is 1. The van der Waals surface area contributed by atoms with Crippen LogP contribution in [0.4, 0.5) is 0 Å². The molecule has 4 heteroatoms. The molecule has 0 N–H and O–H groups in total. The molecule has 2 fully saturated rings. The summed E-state index contributed by atoms with van der Waals surface area (Å²) in [7, 11) is -2.02. The first-order chi connectivity index (χ1) is 12.1. The number of hydrogen-bond donors (Lipinski definition) is 0. The molecule has 0 amide bonds. The summed E-state index contributed by atoms with van der Waals surface area (Å²) >= 11 is 0. The molecule has 0 aromatic carbocycles. The fourth-order valence-corrected chi connectivity index (χ4v) is 4.79. The Morgan fingerprint density at radius 3 is 2.69 bits per heavy atom. The monoisotopic (exact) mass is 368 g/mol. The van der Waals surface area contributed by atoms with Crippen molar-refractivity contribution in [2.45, 2.75) is 64.0 Å². The van der Waals surface area contributed by atoms with E-state index in [1.807, 2.05) is 0 Å². The van der Waals surface area contributed by atoms with Crippen LogP contribution in [0.3, 0.4) is 0 Å². The SMILES string of the molecule is C=CC1=CC#C[C@@H](O[Si](C)(C)C(C)(C)C)[C@@H]2C[C@H](C#C1)[C@H]1C[C@@H]2C(=O)O1. The largest absolute Gasteiger partial charge is 0.461 e. The molecule has 138 valence electrons. The van der Waals surface area contributed by atoms with Crippen LogP contribution in [0.2, 0.25) is 18.1 Å². The van der Waals surface area contributed by atoms with E-state index in [0.29, 0.717) is 0 Å². The van der Waals surface area contributed by atoms with Gasteiger partial charge in [-0.15, -0.1) is 0 Å². The van der Waals surface area contributed by atoms with Gasteiger partial charge in [0.2, 0.25) is 0 Å². The van der Waals surface area contributed by atoms with Gasteiger partial charge < -0.3 is 9.16 Å². The van der Waals surface area contributed by atoms with E-state index in [4.69, 9.17) is 9.16 Å². The highest BCUT2D eigenvalue weighted by atomic mass is 28.4. The van der Waals surface area contributed by atoms with Gasteiger partial charge in [0, 0.05) is 17.6 Å². The molecular weight excluding hydrogens is 340 g/mol. The van der Waals surface area contributed by atoms with Crippen LogP contribution in [0.25, 0.3) is 0 Å².